The lowest BCUT2D eigenvalue weighted by atomic mass is 9.96. The van der Waals surface area contributed by atoms with Gasteiger partial charge in [0, 0.05) is 19.7 Å². The molecule has 0 saturated carbocycles. The van der Waals surface area contributed by atoms with E-state index in [1.165, 1.54) is 24.3 Å². The summed E-state index contributed by atoms with van der Waals surface area (Å²) in [6, 6.07) is 25.1. The number of benzene rings is 3. The van der Waals surface area contributed by atoms with Gasteiger partial charge in [0.25, 0.3) is 0 Å². The Morgan fingerprint density at radius 1 is 0.774 bits per heavy atom. The second-order valence-corrected chi connectivity index (χ2v) is 9.57. The van der Waals surface area contributed by atoms with E-state index in [0.717, 1.165) is 11.1 Å². The second-order valence-electron chi connectivity index (χ2n) is 7.46. The molecule has 0 amide bonds. The average molecular weight is 442 g/mol. The molecule has 0 radical (unpaired) electrons. The molecular formula is C25H28FNO3S. The molecule has 0 saturated heterocycles. The van der Waals surface area contributed by atoms with Gasteiger partial charge in [-0.3, -0.25) is 4.90 Å². The molecule has 164 valence electrons. The number of hydrogen-bond donors (Lipinski definition) is 1. The van der Waals surface area contributed by atoms with Gasteiger partial charge in [-0.15, -0.1) is 0 Å². The standard InChI is InChI=1S/C25H28FNO3S/c26-23-13-15-24(16-14-23)31(29,30)20-8-18-27(17-7-19-28)25(21-9-3-1-4-10-21)22-11-5-2-6-12-22/h1-6,9-16,25,28H,7-8,17-20H2. The number of rotatable bonds is 11. The Bertz CT molecular complexity index is 986. The van der Waals surface area contributed by atoms with Gasteiger partial charge in [-0.25, -0.2) is 12.8 Å². The summed E-state index contributed by atoms with van der Waals surface area (Å²) in [6.07, 6.45) is 1.03. The molecule has 0 aromatic heterocycles. The summed E-state index contributed by atoms with van der Waals surface area (Å²) in [7, 11) is -3.49. The van der Waals surface area contributed by atoms with Crippen LogP contribution in [0.2, 0.25) is 0 Å². The quantitative estimate of drug-likeness (QED) is 0.446. The molecule has 3 aromatic rings. The first-order valence-corrected chi connectivity index (χ1v) is 12.1. The normalized spacial score (nSPS) is 11.9. The Balaban J connectivity index is 1.79. The predicted molar refractivity (Wildman–Crippen MR) is 121 cm³/mol. The van der Waals surface area contributed by atoms with Crippen molar-refractivity contribution in [3.05, 3.63) is 102 Å². The van der Waals surface area contributed by atoms with Crippen molar-refractivity contribution in [2.45, 2.75) is 23.8 Å². The van der Waals surface area contributed by atoms with E-state index in [4.69, 9.17) is 0 Å². The number of aliphatic hydroxyl groups is 1. The smallest absolute Gasteiger partial charge is 0.178 e. The fourth-order valence-electron chi connectivity index (χ4n) is 3.75. The van der Waals surface area contributed by atoms with Crippen LogP contribution in [0.25, 0.3) is 0 Å². The van der Waals surface area contributed by atoms with E-state index in [0.29, 0.717) is 25.9 Å². The summed E-state index contributed by atoms with van der Waals surface area (Å²) < 4.78 is 38.5. The van der Waals surface area contributed by atoms with Gasteiger partial charge in [0.1, 0.15) is 5.82 Å². The molecule has 0 fully saturated rings. The van der Waals surface area contributed by atoms with Crippen LogP contribution in [0.1, 0.15) is 30.0 Å². The van der Waals surface area contributed by atoms with Crippen LogP contribution >= 0.6 is 0 Å². The van der Waals surface area contributed by atoms with E-state index in [1.54, 1.807) is 0 Å². The molecule has 4 nitrogen and oxygen atoms in total. The number of hydrogen-bond acceptors (Lipinski definition) is 4. The molecule has 0 bridgehead atoms. The molecule has 0 heterocycles. The zero-order valence-electron chi connectivity index (χ0n) is 17.4. The third kappa shape index (κ3) is 6.47. The molecule has 6 heteroatoms. The van der Waals surface area contributed by atoms with Gasteiger partial charge in [0.2, 0.25) is 0 Å². The first kappa shape index (κ1) is 23.1. The first-order chi connectivity index (χ1) is 15.0. The lowest BCUT2D eigenvalue weighted by Gasteiger charge is -2.32. The van der Waals surface area contributed by atoms with E-state index in [1.807, 2.05) is 36.4 Å². The maximum atomic E-state index is 13.1. The summed E-state index contributed by atoms with van der Waals surface area (Å²) in [5.41, 5.74) is 2.24. The lowest BCUT2D eigenvalue weighted by Crippen LogP contribution is -2.33. The lowest BCUT2D eigenvalue weighted by molar-refractivity contribution is 0.194. The monoisotopic (exact) mass is 441 g/mol. The third-order valence-corrected chi connectivity index (χ3v) is 7.05. The molecule has 3 rings (SSSR count). The predicted octanol–water partition coefficient (Wildman–Crippen LogP) is 4.46. The minimum absolute atomic E-state index is 0.0233. The maximum absolute atomic E-state index is 13.1. The Labute approximate surface area is 183 Å². The highest BCUT2D eigenvalue weighted by Crippen LogP contribution is 2.29. The first-order valence-electron chi connectivity index (χ1n) is 10.4. The highest BCUT2D eigenvalue weighted by Gasteiger charge is 2.23. The molecule has 0 spiro atoms. The van der Waals surface area contributed by atoms with Crippen molar-refractivity contribution in [3.8, 4) is 0 Å². The van der Waals surface area contributed by atoms with Gasteiger partial charge in [-0.05, 0) is 48.2 Å². The van der Waals surface area contributed by atoms with Crippen LogP contribution in [0.3, 0.4) is 0 Å². The Morgan fingerprint density at radius 3 is 1.81 bits per heavy atom. The number of aliphatic hydroxyl groups excluding tert-OH is 1. The Kier molecular flexibility index (Phi) is 8.35. The van der Waals surface area contributed by atoms with Crippen molar-refractivity contribution in [2.75, 3.05) is 25.4 Å². The molecule has 0 unspecified atom stereocenters. The summed E-state index contributed by atoms with van der Waals surface area (Å²) in [6.45, 7) is 1.26. The zero-order chi connectivity index (χ0) is 22.1. The topological polar surface area (TPSA) is 57.6 Å². The second kappa shape index (κ2) is 11.2. The van der Waals surface area contributed by atoms with Crippen molar-refractivity contribution in [1.82, 2.24) is 4.90 Å². The van der Waals surface area contributed by atoms with Crippen LogP contribution in [0.4, 0.5) is 4.39 Å². The van der Waals surface area contributed by atoms with Gasteiger partial charge in [-0.2, -0.15) is 0 Å². The van der Waals surface area contributed by atoms with Crippen LogP contribution in [0.5, 0.6) is 0 Å². The summed E-state index contributed by atoms with van der Waals surface area (Å²) in [4.78, 5) is 2.36. The molecule has 0 aliphatic heterocycles. The summed E-state index contributed by atoms with van der Waals surface area (Å²) >= 11 is 0. The van der Waals surface area contributed by atoms with Gasteiger partial charge in [0.15, 0.2) is 9.84 Å². The van der Waals surface area contributed by atoms with Crippen molar-refractivity contribution in [1.29, 1.82) is 0 Å². The van der Waals surface area contributed by atoms with Crippen molar-refractivity contribution in [3.63, 3.8) is 0 Å². The molecule has 3 aromatic carbocycles. The fourth-order valence-corrected chi connectivity index (χ4v) is 5.04. The minimum Gasteiger partial charge on any atom is -0.396 e. The summed E-state index contributed by atoms with van der Waals surface area (Å²) in [5.74, 6) is -0.479. The Hall–Kier alpha value is -2.54. The molecular weight excluding hydrogens is 413 g/mol. The average Bonchev–Trinajstić information content (AvgIpc) is 2.79. The number of nitrogens with zero attached hydrogens (tertiary/aromatic N) is 1. The van der Waals surface area contributed by atoms with Crippen molar-refractivity contribution < 1.29 is 17.9 Å². The van der Waals surface area contributed by atoms with Crippen LogP contribution in [0.15, 0.2) is 89.8 Å². The fraction of sp³-hybridized carbons (Fsp3) is 0.280. The van der Waals surface area contributed by atoms with E-state index >= 15 is 0 Å². The highest BCUT2D eigenvalue weighted by molar-refractivity contribution is 7.91. The molecule has 0 aliphatic rings. The van der Waals surface area contributed by atoms with Gasteiger partial charge in [0.05, 0.1) is 16.7 Å². The van der Waals surface area contributed by atoms with E-state index < -0.39 is 15.7 Å². The van der Waals surface area contributed by atoms with E-state index in [2.05, 4.69) is 29.2 Å². The van der Waals surface area contributed by atoms with Gasteiger partial charge in [-0.1, -0.05) is 60.7 Å². The van der Waals surface area contributed by atoms with Crippen LogP contribution < -0.4 is 0 Å². The van der Waals surface area contributed by atoms with Crippen LogP contribution in [0, 0.1) is 5.82 Å². The highest BCUT2D eigenvalue weighted by atomic mass is 32.2. The van der Waals surface area contributed by atoms with E-state index in [-0.39, 0.29) is 23.3 Å². The number of sulfone groups is 1. The third-order valence-electron chi connectivity index (χ3n) is 5.23. The molecule has 0 aliphatic carbocycles. The van der Waals surface area contributed by atoms with Gasteiger partial charge >= 0.3 is 0 Å². The van der Waals surface area contributed by atoms with Crippen molar-refractivity contribution >= 4 is 9.84 Å². The molecule has 0 atom stereocenters. The summed E-state index contributed by atoms with van der Waals surface area (Å²) in [5, 5.41) is 9.41. The zero-order valence-corrected chi connectivity index (χ0v) is 18.2. The Morgan fingerprint density at radius 2 is 1.29 bits per heavy atom. The minimum atomic E-state index is -3.49. The van der Waals surface area contributed by atoms with Crippen LogP contribution in [-0.2, 0) is 9.84 Å². The number of halogens is 1. The SMILES string of the molecule is O=S(=O)(CCCN(CCCO)C(c1ccccc1)c1ccccc1)c1ccc(F)cc1. The molecule has 31 heavy (non-hydrogen) atoms. The molecule has 1 N–H and O–H groups in total. The largest absolute Gasteiger partial charge is 0.396 e. The van der Waals surface area contributed by atoms with Crippen molar-refractivity contribution in [2.24, 2.45) is 0 Å². The maximum Gasteiger partial charge on any atom is 0.178 e. The van der Waals surface area contributed by atoms with E-state index in [9.17, 15) is 17.9 Å². The van der Waals surface area contributed by atoms with Crippen LogP contribution in [-0.4, -0.2) is 43.9 Å². The van der Waals surface area contributed by atoms with Gasteiger partial charge < -0.3 is 5.11 Å².